The first-order chi connectivity index (χ1) is 22.2. The third kappa shape index (κ3) is 7.50. The first kappa shape index (κ1) is 35.2. The number of anilines is 1. The van der Waals surface area contributed by atoms with Crippen LogP contribution in [0.15, 0.2) is 48.6 Å². The van der Waals surface area contributed by atoms with Gasteiger partial charge in [-0.25, -0.2) is 13.1 Å². The molecule has 2 N–H and O–H groups in total. The highest BCUT2D eigenvalue weighted by Gasteiger charge is 2.51. The fourth-order valence-electron chi connectivity index (χ4n) is 7.18. The van der Waals surface area contributed by atoms with E-state index in [1.807, 2.05) is 31.2 Å². The van der Waals surface area contributed by atoms with E-state index in [9.17, 15) is 23.1 Å². The van der Waals surface area contributed by atoms with E-state index in [2.05, 4.69) is 9.62 Å². The molecule has 0 aromatic heterocycles. The molecule has 3 aliphatic rings. The minimum Gasteiger partial charge on any atom is -0.487 e. The number of halogens is 1. The van der Waals surface area contributed by atoms with Gasteiger partial charge >= 0.3 is 0 Å². The van der Waals surface area contributed by atoms with Crippen molar-refractivity contribution in [3.8, 4) is 5.75 Å². The van der Waals surface area contributed by atoms with E-state index in [0.29, 0.717) is 42.6 Å². The van der Waals surface area contributed by atoms with Gasteiger partial charge in [0.25, 0.3) is 5.91 Å². The molecule has 0 spiro atoms. The molecule has 1 saturated carbocycles. The molecule has 0 radical (unpaired) electrons. The lowest BCUT2D eigenvalue weighted by molar-refractivity contribution is -0.147. The number of nitrogens with one attached hydrogen (secondary N) is 1. The molecule has 256 valence electrons. The SMILES string of the molecule is C[C@@H]1[C@@H](C)C/C=C/[C@](O)([C@@H](C)C(=O)N(C)C)[C@@H]2CC[C@H]2CN2CCCCc3cc(Cl)ccc3COc3ccc(cc32)C(=O)NS1(=O)=O. The molecule has 0 saturated heterocycles. The lowest BCUT2D eigenvalue weighted by Gasteiger charge is -2.50. The second-order valence-corrected chi connectivity index (χ2v) is 16.3. The minimum absolute atomic E-state index is 0.0677. The van der Waals surface area contributed by atoms with Crippen molar-refractivity contribution in [2.75, 3.05) is 32.1 Å². The lowest BCUT2D eigenvalue weighted by atomic mass is 9.60. The summed E-state index contributed by atoms with van der Waals surface area (Å²) in [6, 6.07) is 10.9. The van der Waals surface area contributed by atoms with Gasteiger partial charge < -0.3 is 19.6 Å². The molecule has 1 fully saturated rings. The molecule has 2 bridgehead atoms. The van der Waals surface area contributed by atoms with Gasteiger partial charge in [0.1, 0.15) is 12.4 Å². The summed E-state index contributed by atoms with van der Waals surface area (Å²) in [5.41, 5.74) is 1.67. The number of aryl methyl sites for hydroxylation is 1. The zero-order chi connectivity index (χ0) is 34.1. The number of aliphatic hydroxyl groups is 1. The topological polar surface area (TPSA) is 116 Å². The Morgan fingerprint density at radius 3 is 2.60 bits per heavy atom. The first-order valence-corrected chi connectivity index (χ1v) is 18.6. The van der Waals surface area contributed by atoms with E-state index in [1.54, 1.807) is 52.2 Å². The van der Waals surface area contributed by atoms with Gasteiger partial charge in [-0.15, -0.1) is 0 Å². The molecule has 5 rings (SSSR count). The number of carbonyl (C=O) groups excluding carboxylic acids is 2. The summed E-state index contributed by atoms with van der Waals surface area (Å²) < 4.78 is 35.5. The number of sulfonamides is 1. The Balaban J connectivity index is 1.59. The highest BCUT2D eigenvalue weighted by molar-refractivity contribution is 7.90. The Hall–Kier alpha value is -3.08. The molecule has 2 amide bonds. The second-order valence-electron chi connectivity index (χ2n) is 13.9. The van der Waals surface area contributed by atoms with Crippen LogP contribution in [-0.2, 0) is 27.8 Å². The molecule has 0 unspecified atom stereocenters. The van der Waals surface area contributed by atoms with Gasteiger partial charge in [0, 0.05) is 37.8 Å². The van der Waals surface area contributed by atoms with Crippen molar-refractivity contribution >= 4 is 39.1 Å². The van der Waals surface area contributed by atoms with Crippen molar-refractivity contribution in [1.29, 1.82) is 0 Å². The standard InChI is InChI=1S/C36H48ClN3O6S/c1-23-9-8-17-36(43,24(2)35(42)39(4)5)31-15-12-28(31)21-40-18-7-6-10-26-19-30(37)14-11-29(26)22-46-33-16-13-27(20-32(33)40)34(41)38-47(44,45)25(23)3/h8,11,13-14,16-17,19-20,23-25,28,31,43H,6-7,9-10,12,15,18,21-22H2,1-5H3,(H,38,41)/b17-8+/t23-,24-,25+,28-,31+,36-/m0/s1. The van der Waals surface area contributed by atoms with E-state index in [0.717, 1.165) is 43.2 Å². The van der Waals surface area contributed by atoms with Gasteiger partial charge in [-0.2, -0.15) is 0 Å². The third-order valence-electron chi connectivity index (χ3n) is 10.6. The number of fused-ring (bicyclic) bond motifs is 3. The van der Waals surface area contributed by atoms with Crippen molar-refractivity contribution < 1.29 is 27.9 Å². The summed E-state index contributed by atoms with van der Waals surface area (Å²) in [5.74, 6) is -1.46. The van der Waals surface area contributed by atoms with Crippen LogP contribution in [-0.4, -0.2) is 68.3 Å². The molecule has 11 heteroatoms. The quantitative estimate of drug-likeness (QED) is 0.396. The Bertz CT molecular complexity index is 1630. The number of ether oxygens (including phenoxy) is 1. The van der Waals surface area contributed by atoms with Crippen molar-refractivity contribution in [1.82, 2.24) is 9.62 Å². The Kier molecular flexibility index (Phi) is 10.6. The number of allylic oxidation sites excluding steroid dienone is 1. The summed E-state index contributed by atoms with van der Waals surface area (Å²) in [6.45, 7) is 6.72. The van der Waals surface area contributed by atoms with Crippen LogP contribution in [0.5, 0.6) is 5.75 Å². The van der Waals surface area contributed by atoms with Crippen molar-refractivity contribution in [3.05, 3.63) is 70.3 Å². The average Bonchev–Trinajstić information content (AvgIpc) is 3.04. The minimum atomic E-state index is -4.03. The van der Waals surface area contributed by atoms with Crippen LogP contribution in [0.3, 0.4) is 0 Å². The molecule has 2 aromatic carbocycles. The number of rotatable bonds is 2. The largest absolute Gasteiger partial charge is 0.487 e. The van der Waals surface area contributed by atoms with Crippen LogP contribution >= 0.6 is 11.6 Å². The second kappa shape index (κ2) is 14.2. The van der Waals surface area contributed by atoms with Gasteiger partial charge in [0.05, 0.1) is 22.5 Å². The maximum absolute atomic E-state index is 13.5. The molecular weight excluding hydrogens is 638 g/mol. The molecule has 1 aliphatic carbocycles. The number of benzene rings is 2. The molecular formula is C36H48ClN3O6S. The molecule has 6 atom stereocenters. The number of hydrogen-bond donors (Lipinski definition) is 2. The van der Waals surface area contributed by atoms with Crippen molar-refractivity contribution in [3.63, 3.8) is 0 Å². The van der Waals surface area contributed by atoms with Crippen LogP contribution in [0.25, 0.3) is 0 Å². The Morgan fingerprint density at radius 1 is 1.13 bits per heavy atom. The van der Waals surface area contributed by atoms with Gasteiger partial charge in [0.2, 0.25) is 15.9 Å². The zero-order valence-corrected chi connectivity index (χ0v) is 29.6. The average molecular weight is 686 g/mol. The lowest BCUT2D eigenvalue weighted by Crippen LogP contribution is -2.56. The fraction of sp³-hybridized carbons (Fsp3) is 0.556. The van der Waals surface area contributed by atoms with E-state index in [4.69, 9.17) is 16.3 Å². The highest BCUT2D eigenvalue weighted by Crippen LogP contribution is 2.48. The molecule has 47 heavy (non-hydrogen) atoms. The van der Waals surface area contributed by atoms with Crippen LogP contribution in [0.2, 0.25) is 5.02 Å². The van der Waals surface area contributed by atoms with Crippen LogP contribution in [0.4, 0.5) is 5.69 Å². The first-order valence-electron chi connectivity index (χ1n) is 16.7. The maximum Gasteiger partial charge on any atom is 0.264 e. The van der Waals surface area contributed by atoms with E-state index in [1.165, 1.54) is 4.90 Å². The third-order valence-corrected chi connectivity index (χ3v) is 12.8. The van der Waals surface area contributed by atoms with E-state index in [-0.39, 0.29) is 29.2 Å². The van der Waals surface area contributed by atoms with Gasteiger partial charge in [0.15, 0.2) is 0 Å². The van der Waals surface area contributed by atoms with Crippen LogP contribution in [0, 0.1) is 23.7 Å². The number of carbonyl (C=O) groups is 2. The van der Waals surface area contributed by atoms with Crippen molar-refractivity contribution in [2.24, 2.45) is 23.7 Å². The summed E-state index contributed by atoms with van der Waals surface area (Å²) in [6.07, 6.45) is 8.14. The summed E-state index contributed by atoms with van der Waals surface area (Å²) in [5, 5.41) is 12.2. The fourth-order valence-corrected chi connectivity index (χ4v) is 8.66. The monoisotopic (exact) mass is 685 g/mol. The number of hydrogen-bond acceptors (Lipinski definition) is 7. The highest BCUT2D eigenvalue weighted by atomic mass is 35.5. The molecule has 9 nitrogen and oxygen atoms in total. The maximum atomic E-state index is 13.5. The Morgan fingerprint density at radius 2 is 1.89 bits per heavy atom. The van der Waals surface area contributed by atoms with Crippen molar-refractivity contribution in [2.45, 2.75) is 76.8 Å². The normalized spacial score (nSPS) is 29.3. The van der Waals surface area contributed by atoms with E-state index < -0.39 is 32.7 Å². The Labute approximate surface area is 284 Å². The summed E-state index contributed by atoms with van der Waals surface area (Å²) in [7, 11) is -0.642. The predicted octanol–water partition coefficient (Wildman–Crippen LogP) is 5.59. The zero-order valence-electron chi connectivity index (χ0n) is 28.0. The van der Waals surface area contributed by atoms with Gasteiger partial charge in [-0.05, 0) is 105 Å². The van der Waals surface area contributed by atoms with E-state index >= 15 is 0 Å². The van der Waals surface area contributed by atoms with Crippen LogP contribution in [0.1, 0.15) is 74.4 Å². The summed E-state index contributed by atoms with van der Waals surface area (Å²) >= 11 is 6.34. The number of nitrogens with zero attached hydrogens (tertiary/aromatic N) is 2. The molecule has 2 aromatic rings. The molecule has 2 aliphatic heterocycles. The van der Waals surface area contributed by atoms with Gasteiger partial charge in [-0.3, -0.25) is 9.59 Å². The summed E-state index contributed by atoms with van der Waals surface area (Å²) in [4.78, 5) is 30.5. The van der Waals surface area contributed by atoms with Gasteiger partial charge in [-0.1, -0.05) is 43.7 Å². The molecule has 2 heterocycles. The number of amides is 2. The smallest absolute Gasteiger partial charge is 0.264 e. The predicted molar refractivity (Wildman–Crippen MR) is 185 cm³/mol. The van der Waals surface area contributed by atoms with Crippen LogP contribution < -0.4 is 14.4 Å².